The zero-order valence-electron chi connectivity index (χ0n) is 20.2. The molecule has 1 aliphatic heterocycles. The van der Waals surface area contributed by atoms with Crippen LogP contribution >= 0.6 is 0 Å². The number of pyridine rings is 1. The minimum absolute atomic E-state index is 0.287. The normalized spacial score (nSPS) is 25.1. The van der Waals surface area contributed by atoms with Crippen LogP contribution in [0.5, 0.6) is 0 Å². The fourth-order valence-electron chi connectivity index (χ4n) is 4.15. The average Bonchev–Trinajstić information content (AvgIpc) is 2.84. The number of aliphatic hydroxyl groups excluding tert-OH is 3. The van der Waals surface area contributed by atoms with Gasteiger partial charge in [0.25, 0.3) is 0 Å². The first kappa shape index (κ1) is 27.7. The Bertz CT molecular complexity index is 691. The molecule has 0 spiro atoms. The summed E-state index contributed by atoms with van der Waals surface area (Å²) < 4.78 is 5.70. The molecule has 0 saturated carbocycles. The van der Waals surface area contributed by atoms with Crippen molar-refractivity contribution < 1.29 is 24.9 Å². The van der Waals surface area contributed by atoms with Crippen molar-refractivity contribution in [3.63, 3.8) is 0 Å². The smallest absolute Gasteiger partial charge is 0.159 e. The molecule has 5 atom stereocenters. The van der Waals surface area contributed by atoms with Crippen molar-refractivity contribution in [2.75, 3.05) is 20.3 Å². The van der Waals surface area contributed by atoms with Gasteiger partial charge in [-0.1, -0.05) is 57.4 Å². The summed E-state index contributed by atoms with van der Waals surface area (Å²) in [5, 5.41) is 31.6. The number of hydrogen-bond acceptors (Lipinski definition) is 7. The summed E-state index contributed by atoms with van der Waals surface area (Å²) >= 11 is 0. The SMILES string of the molecule is CON(CCCCCCCCCCC#CCc1cccnc1)[C@@H]1O[C@H](CO)[C@@H](O)[C@H](C)[C@H]1O. The Kier molecular flexibility index (Phi) is 13.6. The van der Waals surface area contributed by atoms with Crippen LogP contribution < -0.4 is 0 Å². The molecule has 0 aliphatic carbocycles. The van der Waals surface area contributed by atoms with Crippen LogP contribution in [0.1, 0.15) is 70.3 Å². The standard InChI is InChI=1S/C26H42N2O5/c1-21-24(30)23(20-29)33-26(25(21)31)28(32-2)18-13-11-9-7-5-3-4-6-8-10-12-15-22-16-14-17-27-19-22/h14,16-17,19,21,23-26,29-31H,3-9,11,13,15,18,20H2,1-2H3/t21-,23+,24-,25+,26+/m0/s1. The van der Waals surface area contributed by atoms with Gasteiger partial charge in [0, 0.05) is 37.7 Å². The van der Waals surface area contributed by atoms with Crippen LogP contribution in [0, 0.1) is 17.8 Å². The molecule has 1 saturated heterocycles. The van der Waals surface area contributed by atoms with Crippen molar-refractivity contribution in [3.8, 4) is 11.8 Å². The number of unbranched alkanes of at least 4 members (excludes halogenated alkanes) is 8. The number of aliphatic hydroxyl groups is 3. The third-order valence-corrected chi connectivity index (χ3v) is 6.33. The molecule has 0 unspecified atom stereocenters. The van der Waals surface area contributed by atoms with Crippen molar-refractivity contribution in [3.05, 3.63) is 30.1 Å². The van der Waals surface area contributed by atoms with E-state index in [-0.39, 0.29) is 6.61 Å². The molecule has 3 N–H and O–H groups in total. The molecule has 1 aromatic rings. The largest absolute Gasteiger partial charge is 0.394 e. The van der Waals surface area contributed by atoms with Gasteiger partial charge in [0.15, 0.2) is 6.23 Å². The maximum Gasteiger partial charge on any atom is 0.159 e. The van der Waals surface area contributed by atoms with E-state index in [0.717, 1.165) is 32.1 Å². The maximum atomic E-state index is 10.5. The summed E-state index contributed by atoms with van der Waals surface area (Å²) in [5.41, 5.74) is 1.17. The Morgan fingerprint density at radius 2 is 1.73 bits per heavy atom. The van der Waals surface area contributed by atoms with E-state index in [4.69, 9.17) is 9.57 Å². The highest BCUT2D eigenvalue weighted by Crippen LogP contribution is 2.28. The van der Waals surface area contributed by atoms with Crippen LogP contribution in [0.2, 0.25) is 0 Å². The second-order valence-electron chi connectivity index (χ2n) is 8.88. The molecular formula is C26H42N2O5. The predicted molar refractivity (Wildman–Crippen MR) is 128 cm³/mol. The van der Waals surface area contributed by atoms with E-state index in [1.807, 2.05) is 12.3 Å². The number of rotatable bonds is 14. The molecule has 0 aromatic carbocycles. The lowest BCUT2D eigenvalue weighted by atomic mass is 9.90. The van der Waals surface area contributed by atoms with Crippen molar-refractivity contribution in [1.82, 2.24) is 10.0 Å². The first-order valence-corrected chi connectivity index (χ1v) is 12.4. The molecule has 7 nitrogen and oxygen atoms in total. The molecule has 2 heterocycles. The van der Waals surface area contributed by atoms with Crippen molar-refractivity contribution in [1.29, 1.82) is 0 Å². The Labute approximate surface area is 199 Å². The zero-order chi connectivity index (χ0) is 23.9. The summed E-state index contributed by atoms with van der Waals surface area (Å²) in [6.07, 6.45) is 11.5. The lowest BCUT2D eigenvalue weighted by Gasteiger charge is -2.44. The van der Waals surface area contributed by atoms with Gasteiger partial charge in [-0.2, -0.15) is 5.06 Å². The molecular weight excluding hydrogens is 420 g/mol. The van der Waals surface area contributed by atoms with Gasteiger partial charge >= 0.3 is 0 Å². The van der Waals surface area contributed by atoms with Crippen LogP contribution in [0.3, 0.4) is 0 Å². The average molecular weight is 463 g/mol. The van der Waals surface area contributed by atoms with Gasteiger partial charge in [-0.25, -0.2) is 0 Å². The molecule has 1 fully saturated rings. The van der Waals surface area contributed by atoms with E-state index in [9.17, 15) is 15.3 Å². The van der Waals surface area contributed by atoms with Gasteiger partial charge in [0.1, 0.15) is 12.2 Å². The highest BCUT2D eigenvalue weighted by atomic mass is 16.7. The molecule has 0 amide bonds. The zero-order valence-corrected chi connectivity index (χ0v) is 20.2. The Morgan fingerprint density at radius 3 is 2.36 bits per heavy atom. The molecule has 1 aliphatic rings. The van der Waals surface area contributed by atoms with E-state index < -0.39 is 30.5 Å². The van der Waals surface area contributed by atoms with Crippen LogP contribution in [0.15, 0.2) is 24.5 Å². The molecule has 0 bridgehead atoms. The fraction of sp³-hybridized carbons (Fsp3) is 0.731. The molecule has 2 rings (SSSR count). The van der Waals surface area contributed by atoms with Crippen LogP contribution in [0.25, 0.3) is 0 Å². The Hall–Kier alpha value is -1.53. The summed E-state index contributed by atoms with van der Waals surface area (Å²) in [4.78, 5) is 9.53. The second-order valence-corrected chi connectivity index (χ2v) is 8.88. The van der Waals surface area contributed by atoms with Crippen LogP contribution in [-0.4, -0.2) is 70.2 Å². The van der Waals surface area contributed by atoms with Gasteiger partial charge in [-0.15, -0.1) is 5.92 Å². The second kappa shape index (κ2) is 16.2. The number of aromatic nitrogens is 1. The lowest BCUT2D eigenvalue weighted by molar-refractivity contribution is -0.319. The van der Waals surface area contributed by atoms with Gasteiger partial charge in [-0.3, -0.25) is 9.82 Å². The molecule has 1 aromatic heterocycles. The minimum Gasteiger partial charge on any atom is -0.394 e. The van der Waals surface area contributed by atoms with Crippen molar-refractivity contribution >= 4 is 0 Å². The molecule has 33 heavy (non-hydrogen) atoms. The highest BCUT2D eigenvalue weighted by Gasteiger charge is 2.44. The maximum absolute atomic E-state index is 10.5. The topological polar surface area (TPSA) is 95.3 Å². The number of ether oxygens (including phenoxy) is 1. The quantitative estimate of drug-likeness (QED) is 0.222. The third-order valence-electron chi connectivity index (χ3n) is 6.33. The molecule has 186 valence electrons. The summed E-state index contributed by atoms with van der Waals surface area (Å²) in [7, 11) is 1.56. The molecule has 0 radical (unpaired) electrons. The summed E-state index contributed by atoms with van der Waals surface area (Å²) in [6.45, 7) is 2.11. The van der Waals surface area contributed by atoms with E-state index in [1.54, 1.807) is 25.3 Å². The number of hydrogen-bond donors (Lipinski definition) is 3. The monoisotopic (exact) mass is 462 g/mol. The van der Waals surface area contributed by atoms with E-state index in [0.29, 0.717) is 6.54 Å². The van der Waals surface area contributed by atoms with Gasteiger partial charge < -0.3 is 20.1 Å². The predicted octanol–water partition coefficient (Wildman–Crippen LogP) is 3.08. The molecule has 7 heteroatoms. The van der Waals surface area contributed by atoms with E-state index in [1.165, 1.54) is 37.7 Å². The Balaban J connectivity index is 1.49. The minimum atomic E-state index is -0.890. The summed E-state index contributed by atoms with van der Waals surface area (Å²) in [6, 6.07) is 4.00. The fourth-order valence-corrected chi connectivity index (χ4v) is 4.15. The van der Waals surface area contributed by atoms with Crippen LogP contribution in [0.4, 0.5) is 0 Å². The first-order chi connectivity index (χ1) is 16.1. The van der Waals surface area contributed by atoms with Crippen molar-refractivity contribution in [2.45, 2.75) is 95.7 Å². The van der Waals surface area contributed by atoms with Gasteiger partial charge in [0.05, 0.1) is 19.8 Å². The summed E-state index contributed by atoms with van der Waals surface area (Å²) in [5.74, 6) is 6.09. The number of hydroxylamine groups is 2. The third kappa shape index (κ3) is 9.70. The van der Waals surface area contributed by atoms with Gasteiger partial charge in [0.2, 0.25) is 0 Å². The lowest BCUT2D eigenvalue weighted by Crippen LogP contribution is -2.59. The van der Waals surface area contributed by atoms with Crippen LogP contribution in [-0.2, 0) is 16.0 Å². The van der Waals surface area contributed by atoms with E-state index in [2.05, 4.69) is 22.9 Å². The number of nitrogens with zero attached hydrogens (tertiary/aromatic N) is 2. The van der Waals surface area contributed by atoms with Crippen molar-refractivity contribution in [2.24, 2.45) is 5.92 Å². The Morgan fingerprint density at radius 1 is 1.03 bits per heavy atom. The van der Waals surface area contributed by atoms with Gasteiger partial charge in [-0.05, 0) is 24.5 Å². The van der Waals surface area contributed by atoms with E-state index >= 15 is 0 Å². The highest BCUT2D eigenvalue weighted by molar-refractivity contribution is 5.16. The first-order valence-electron chi connectivity index (χ1n) is 12.4.